The zero-order valence-electron chi connectivity index (χ0n) is 25.7. The topological polar surface area (TPSA) is 88.9 Å². The van der Waals surface area contributed by atoms with Crippen LogP contribution in [0.15, 0.2) is 126 Å². The maximum Gasteiger partial charge on any atom is 0.274 e. The fraction of sp³-hybridized carbons (Fsp3) is 0.105. The molecule has 0 spiro atoms. The number of carbonyl (C=O) groups is 1. The molecule has 1 atom stereocenters. The van der Waals surface area contributed by atoms with Crippen LogP contribution in [0.3, 0.4) is 0 Å². The standard InChI is InChI=1S/C38H30ClN5O3/c1-46-30-17-10-24(11-18-30)34-23-35(25-12-19-31(47-2)20-13-25)44(43-34)37(45)27-8-15-29(16-9-27)40-38-41-33-21-14-28(39)22-32(33)36(42-38)26-6-4-3-5-7-26/h3-22,35H,23H2,1-2H3,(H,40,41,42). The molecule has 0 saturated heterocycles. The van der Waals surface area contributed by atoms with E-state index < -0.39 is 0 Å². The molecule has 0 saturated carbocycles. The van der Waals surface area contributed by atoms with E-state index in [0.29, 0.717) is 23.0 Å². The quantitative estimate of drug-likeness (QED) is 0.179. The molecule has 6 aromatic rings. The molecule has 0 radical (unpaired) electrons. The highest BCUT2D eigenvalue weighted by Gasteiger charge is 2.33. The van der Waals surface area contributed by atoms with Crippen molar-refractivity contribution >= 4 is 45.8 Å². The van der Waals surface area contributed by atoms with Crippen LogP contribution in [0.5, 0.6) is 11.5 Å². The predicted octanol–water partition coefficient (Wildman–Crippen LogP) is 8.70. The Morgan fingerprint density at radius 2 is 1.47 bits per heavy atom. The molecule has 47 heavy (non-hydrogen) atoms. The van der Waals surface area contributed by atoms with E-state index in [2.05, 4.69) is 5.32 Å². The Bertz CT molecular complexity index is 2080. The largest absolute Gasteiger partial charge is 0.497 e. The number of benzene rings is 5. The molecule has 0 aliphatic carbocycles. The zero-order valence-corrected chi connectivity index (χ0v) is 26.5. The van der Waals surface area contributed by atoms with Gasteiger partial charge in [0.1, 0.15) is 11.5 Å². The first-order chi connectivity index (χ1) is 23.0. The Labute approximate surface area is 277 Å². The number of aromatic nitrogens is 2. The minimum Gasteiger partial charge on any atom is -0.497 e. The van der Waals surface area contributed by atoms with Crippen LogP contribution in [0.2, 0.25) is 5.02 Å². The second kappa shape index (κ2) is 12.9. The number of hydrogen-bond acceptors (Lipinski definition) is 7. The summed E-state index contributed by atoms with van der Waals surface area (Å²) in [7, 11) is 3.27. The van der Waals surface area contributed by atoms with Crippen molar-refractivity contribution in [3.05, 3.63) is 143 Å². The fourth-order valence-corrected chi connectivity index (χ4v) is 5.84. The summed E-state index contributed by atoms with van der Waals surface area (Å²) < 4.78 is 10.7. The van der Waals surface area contributed by atoms with Gasteiger partial charge in [-0.05, 0) is 90.0 Å². The number of hydrogen-bond donors (Lipinski definition) is 1. The van der Waals surface area contributed by atoms with Crippen LogP contribution < -0.4 is 14.8 Å². The van der Waals surface area contributed by atoms with Gasteiger partial charge in [-0.15, -0.1) is 0 Å². The van der Waals surface area contributed by atoms with Gasteiger partial charge in [0.15, 0.2) is 0 Å². The van der Waals surface area contributed by atoms with Gasteiger partial charge in [0.2, 0.25) is 5.95 Å². The van der Waals surface area contributed by atoms with Gasteiger partial charge in [-0.2, -0.15) is 5.10 Å². The summed E-state index contributed by atoms with van der Waals surface area (Å²) in [4.78, 5) is 23.6. The van der Waals surface area contributed by atoms with Gasteiger partial charge in [-0.3, -0.25) is 4.79 Å². The molecule has 1 aromatic heterocycles. The molecule has 5 aromatic carbocycles. The summed E-state index contributed by atoms with van der Waals surface area (Å²) >= 11 is 6.32. The molecule has 9 heteroatoms. The van der Waals surface area contributed by atoms with E-state index in [9.17, 15) is 4.79 Å². The highest BCUT2D eigenvalue weighted by molar-refractivity contribution is 6.31. The third-order valence-electron chi connectivity index (χ3n) is 8.14. The zero-order chi connectivity index (χ0) is 32.3. The summed E-state index contributed by atoms with van der Waals surface area (Å²) in [6.07, 6.45) is 0.568. The summed E-state index contributed by atoms with van der Waals surface area (Å²) in [5, 5.41) is 11.2. The predicted molar refractivity (Wildman–Crippen MR) is 186 cm³/mol. The van der Waals surface area contributed by atoms with Gasteiger partial charge in [-0.25, -0.2) is 15.0 Å². The third kappa shape index (κ3) is 6.23. The second-order valence-corrected chi connectivity index (χ2v) is 11.5. The minimum absolute atomic E-state index is 0.203. The van der Waals surface area contributed by atoms with Gasteiger partial charge >= 0.3 is 0 Å². The van der Waals surface area contributed by atoms with E-state index in [-0.39, 0.29) is 11.9 Å². The van der Waals surface area contributed by atoms with Crippen LogP contribution >= 0.6 is 11.6 Å². The highest BCUT2D eigenvalue weighted by Crippen LogP contribution is 2.36. The smallest absolute Gasteiger partial charge is 0.274 e. The van der Waals surface area contributed by atoms with Gasteiger partial charge in [0.25, 0.3) is 5.91 Å². The van der Waals surface area contributed by atoms with Crippen molar-refractivity contribution in [2.24, 2.45) is 5.10 Å². The number of nitrogens with one attached hydrogen (secondary N) is 1. The number of methoxy groups -OCH3 is 2. The number of fused-ring (bicyclic) bond motifs is 1. The molecule has 1 aliphatic heterocycles. The number of hydrazone groups is 1. The number of carbonyl (C=O) groups excluding carboxylic acids is 1. The number of rotatable bonds is 8. The van der Waals surface area contributed by atoms with Crippen LogP contribution in [-0.2, 0) is 0 Å². The SMILES string of the molecule is COc1ccc(C2=NN(C(=O)c3ccc(Nc4nc(-c5ccccc5)c5cc(Cl)ccc5n4)cc3)C(c3ccc(OC)cc3)C2)cc1. The normalized spacial score (nSPS) is 14.1. The van der Waals surface area contributed by atoms with Crippen LogP contribution in [0, 0.1) is 0 Å². The maximum atomic E-state index is 14.0. The molecule has 0 fully saturated rings. The van der Waals surface area contributed by atoms with Gasteiger partial charge in [-0.1, -0.05) is 54.1 Å². The van der Waals surface area contributed by atoms with Crippen LogP contribution in [0.1, 0.15) is 33.9 Å². The monoisotopic (exact) mass is 639 g/mol. The average molecular weight is 640 g/mol. The Kier molecular flexibility index (Phi) is 8.25. The lowest BCUT2D eigenvalue weighted by molar-refractivity contribution is 0.0711. The summed E-state index contributed by atoms with van der Waals surface area (Å²) in [5.74, 6) is 1.74. The van der Waals surface area contributed by atoms with E-state index in [1.807, 2.05) is 109 Å². The Morgan fingerprint density at radius 3 is 2.15 bits per heavy atom. The van der Waals surface area contributed by atoms with Gasteiger partial charge in [0, 0.05) is 33.6 Å². The minimum atomic E-state index is -0.278. The molecular weight excluding hydrogens is 610 g/mol. The Balaban J connectivity index is 1.17. The molecule has 232 valence electrons. The lowest BCUT2D eigenvalue weighted by Gasteiger charge is -2.22. The first-order valence-corrected chi connectivity index (χ1v) is 15.5. The summed E-state index contributed by atoms with van der Waals surface area (Å²) in [6.45, 7) is 0. The van der Waals surface area contributed by atoms with Crippen molar-refractivity contribution in [2.75, 3.05) is 19.5 Å². The molecule has 1 N–H and O–H groups in total. The van der Waals surface area contributed by atoms with E-state index in [0.717, 1.165) is 56.2 Å². The van der Waals surface area contributed by atoms with Crippen molar-refractivity contribution in [3.63, 3.8) is 0 Å². The van der Waals surface area contributed by atoms with Crippen LogP contribution in [-0.4, -0.2) is 40.8 Å². The number of ether oxygens (including phenoxy) is 2. The lowest BCUT2D eigenvalue weighted by Crippen LogP contribution is -2.27. The van der Waals surface area contributed by atoms with Gasteiger partial charge in [0.05, 0.1) is 37.2 Å². The molecule has 0 bridgehead atoms. The molecule has 1 amide bonds. The second-order valence-electron chi connectivity index (χ2n) is 11.0. The number of amides is 1. The van der Waals surface area contributed by atoms with Crippen molar-refractivity contribution in [1.82, 2.24) is 15.0 Å². The molecule has 7 rings (SSSR count). The molecule has 2 heterocycles. The number of anilines is 2. The Hall–Kier alpha value is -5.73. The van der Waals surface area contributed by atoms with Crippen molar-refractivity contribution in [1.29, 1.82) is 0 Å². The molecule has 1 unspecified atom stereocenters. The van der Waals surface area contributed by atoms with Crippen molar-refractivity contribution < 1.29 is 14.3 Å². The molecule has 8 nitrogen and oxygen atoms in total. The summed E-state index contributed by atoms with van der Waals surface area (Å²) in [6, 6.07) is 38.0. The third-order valence-corrected chi connectivity index (χ3v) is 8.37. The highest BCUT2D eigenvalue weighted by atomic mass is 35.5. The maximum absolute atomic E-state index is 14.0. The average Bonchev–Trinajstić information content (AvgIpc) is 3.57. The van der Waals surface area contributed by atoms with Crippen LogP contribution in [0.4, 0.5) is 11.6 Å². The number of nitrogens with zero attached hydrogens (tertiary/aromatic N) is 4. The fourth-order valence-electron chi connectivity index (χ4n) is 5.67. The van der Waals surface area contributed by atoms with Crippen LogP contribution in [0.25, 0.3) is 22.2 Å². The first kappa shape index (κ1) is 30.0. The first-order valence-electron chi connectivity index (χ1n) is 15.1. The molecular formula is C38H30ClN5O3. The van der Waals surface area contributed by atoms with Gasteiger partial charge < -0.3 is 14.8 Å². The summed E-state index contributed by atoms with van der Waals surface area (Å²) in [5.41, 5.74) is 6.47. The van der Waals surface area contributed by atoms with E-state index >= 15 is 0 Å². The number of halogens is 1. The molecule has 1 aliphatic rings. The van der Waals surface area contributed by atoms with E-state index in [1.54, 1.807) is 31.4 Å². The van der Waals surface area contributed by atoms with Crippen molar-refractivity contribution in [3.8, 4) is 22.8 Å². The lowest BCUT2D eigenvalue weighted by atomic mass is 9.98. The van der Waals surface area contributed by atoms with E-state index in [4.69, 9.17) is 36.1 Å². The van der Waals surface area contributed by atoms with Crippen molar-refractivity contribution in [2.45, 2.75) is 12.5 Å². The van der Waals surface area contributed by atoms with E-state index in [1.165, 1.54) is 0 Å². The Morgan fingerprint density at radius 1 is 0.787 bits per heavy atom.